The third-order valence-corrected chi connectivity index (χ3v) is 3.15. The minimum atomic E-state index is -6.43. The van der Waals surface area contributed by atoms with Gasteiger partial charge < -0.3 is 5.11 Å². The number of rotatable bonds is 9. The van der Waals surface area contributed by atoms with Crippen molar-refractivity contribution in [3.63, 3.8) is 0 Å². The highest BCUT2D eigenvalue weighted by atomic mass is 19.4. The summed E-state index contributed by atoms with van der Waals surface area (Å²) in [5.41, 5.74) is 0.755. The molecule has 8 heteroatoms. The number of hydrogen-bond acceptors (Lipinski definition) is 1. The van der Waals surface area contributed by atoms with Crippen LogP contribution in [0.25, 0.3) is 0 Å². The zero-order chi connectivity index (χ0) is 18.3. The molecule has 0 amide bonds. The van der Waals surface area contributed by atoms with Gasteiger partial charge in [-0.25, -0.2) is 0 Å². The van der Waals surface area contributed by atoms with Crippen LogP contribution >= 0.6 is 0 Å². The molecular formula is C15H19F7O. The van der Waals surface area contributed by atoms with Crippen LogP contribution in [0.3, 0.4) is 0 Å². The third-order valence-electron chi connectivity index (χ3n) is 3.15. The Kier molecular flexibility index (Phi) is 8.03. The Morgan fingerprint density at radius 1 is 1.09 bits per heavy atom. The van der Waals surface area contributed by atoms with Crippen LogP contribution in [0, 0.1) is 0 Å². The quantitative estimate of drug-likeness (QED) is 0.335. The van der Waals surface area contributed by atoms with Gasteiger partial charge >= 0.3 is 18.0 Å². The van der Waals surface area contributed by atoms with Gasteiger partial charge in [-0.05, 0) is 31.8 Å². The van der Waals surface area contributed by atoms with E-state index in [-0.39, 0.29) is 12.8 Å². The summed E-state index contributed by atoms with van der Waals surface area (Å²) in [6, 6.07) is 0. The molecule has 1 N–H and O–H groups in total. The normalized spacial score (nSPS) is 16.0. The van der Waals surface area contributed by atoms with Crippen LogP contribution in [0.15, 0.2) is 36.5 Å². The lowest BCUT2D eigenvalue weighted by Gasteiger charge is -2.31. The zero-order valence-corrected chi connectivity index (χ0v) is 12.5. The van der Waals surface area contributed by atoms with E-state index in [1.165, 1.54) is 6.08 Å². The molecule has 0 saturated carbocycles. The first-order valence-electron chi connectivity index (χ1n) is 6.86. The fraction of sp³-hybridized carbons (Fsp3) is 0.600. The molecule has 0 rings (SSSR count). The van der Waals surface area contributed by atoms with Crippen LogP contribution in [0.4, 0.5) is 30.7 Å². The van der Waals surface area contributed by atoms with E-state index < -0.39 is 30.5 Å². The minimum absolute atomic E-state index is 0.133. The molecule has 1 nitrogen and oxygen atoms in total. The number of allylic oxidation sites excluding steroid dienone is 5. The van der Waals surface area contributed by atoms with Crippen LogP contribution in [0.2, 0.25) is 0 Å². The molecule has 0 aromatic carbocycles. The molecule has 0 fully saturated rings. The van der Waals surface area contributed by atoms with Gasteiger partial charge in [-0.1, -0.05) is 37.3 Å². The van der Waals surface area contributed by atoms with Crippen LogP contribution in [0.1, 0.15) is 32.6 Å². The summed E-state index contributed by atoms with van der Waals surface area (Å²) in [5.74, 6) is -11.9. The predicted molar refractivity (Wildman–Crippen MR) is 73.5 cm³/mol. The second-order valence-electron chi connectivity index (χ2n) is 4.93. The van der Waals surface area contributed by atoms with E-state index in [0.717, 1.165) is 5.57 Å². The predicted octanol–water partition coefficient (Wildman–Crippen LogP) is 5.43. The monoisotopic (exact) mass is 348 g/mol. The molecule has 1 unspecified atom stereocenters. The summed E-state index contributed by atoms with van der Waals surface area (Å²) in [6.07, 6.45) is -3.22. The number of alkyl halides is 7. The average Bonchev–Trinajstić information content (AvgIpc) is 2.44. The first-order chi connectivity index (χ1) is 10.4. The van der Waals surface area contributed by atoms with Crippen molar-refractivity contribution in [1.29, 1.82) is 0 Å². The SMILES string of the molecule is C=C/C(=C\C=C/C)CCCCC(O)C(F)(F)C(F)(F)C(F)(F)F. The molecule has 0 aliphatic heterocycles. The van der Waals surface area contributed by atoms with Crippen LogP contribution in [0.5, 0.6) is 0 Å². The number of aliphatic hydroxyl groups is 1. The van der Waals surface area contributed by atoms with Crippen molar-refractivity contribution in [3.05, 3.63) is 36.5 Å². The van der Waals surface area contributed by atoms with Gasteiger partial charge in [0.2, 0.25) is 0 Å². The summed E-state index contributed by atoms with van der Waals surface area (Å²) < 4.78 is 87.7. The van der Waals surface area contributed by atoms with E-state index in [9.17, 15) is 30.7 Å². The number of halogens is 7. The first-order valence-corrected chi connectivity index (χ1v) is 6.86. The van der Waals surface area contributed by atoms with Gasteiger partial charge in [-0.15, -0.1) is 0 Å². The smallest absolute Gasteiger partial charge is 0.387 e. The largest absolute Gasteiger partial charge is 0.459 e. The molecule has 0 bridgehead atoms. The van der Waals surface area contributed by atoms with Gasteiger partial charge in [0.1, 0.15) is 6.10 Å². The van der Waals surface area contributed by atoms with Crippen molar-refractivity contribution in [2.24, 2.45) is 0 Å². The molecule has 0 aliphatic rings. The second-order valence-corrected chi connectivity index (χ2v) is 4.93. The Hall–Kier alpha value is -1.31. The molecule has 0 heterocycles. The van der Waals surface area contributed by atoms with E-state index in [1.807, 2.05) is 0 Å². The van der Waals surface area contributed by atoms with Crippen molar-refractivity contribution in [3.8, 4) is 0 Å². The molecule has 0 aromatic rings. The third kappa shape index (κ3) is 5.67. The molecule has 0 aromatic heterocycles. The van der Waals surface area contributed by atoms with Crippen LogP contribution in [-0.2, 0) is 0 Å². The van der Waals surface area contributed by atoms with E-state index in [4.69, 9.17) is 5.11 Å². The van der Waals surface area contributed by atoms with Gasteiger partial charge in [0.05, 0.1) is 0 Å². The van der Waals surface area contributed by atoms with E-state index in [1.54, 1.807) is 25.2 Å². The van der Waals surface area contributed by atoms with Gasteiger partial charge in [-0.3, -0.25) is 0 Å². The Morgan fingerprint density at radius 3 is 2.09 bits per heavy atom. The maximum atomic E-state index is 13.2. The van der Waals surface area contributed by atoms with Crippen molar-refractivity contribution >= 4 is 0 Å². The summed E-state index contributed by atoms with van der Waals surface area (Å²) in [4.78, 5) is 0. The molecule has 0 radical (unpaired) electrons. The summed E-state index contributed by atoms with van der Waals surface area (Å²) in [7, 11) is 0. The number of hydrogen-bond donors (Lipinski definition) is 1. The lowest BCUT2D eigenvalue weighted by molar-refractivity contribution is -0.371. The number of unbranched alkanes of at least 4 members (excludes halogenated alkanes) is 1. The molecule has 0 saturated heterocycles. The molecule has 23 heavy (non-hydrogen) atoms. The van der Waals surface area contributed by atoms with E-state index in [0.29, 0.717) is 6.42 Å². The maximum absolute atomic E-state index is 13.2. The number of aliphatic hydroxyl groups excluding tert-OH is 1. The molecule has 1 atom stereocenters. The van der Waals surface area contributed by atoms with Gasteiger partial charge in [0.15, 0.2) is 0 Å². The standard InChI is InChI=1S/C15H19F7O/c1-3-5-8-11(4-2)9-6-7-10-12(23)13(16,17)14(18,19)15(20,21)22/h3-5,8,12,23H,2,6-7,9-10H2,1H3/b5-3-,11-8+. The van der Waals surface area contributed by atoms with Crippen molar-refractivity contribution < 1.29 is 35.8 Å². The molecule has 134 valence electrons. The molecule has 0 spiro atoms. The fourth-order valence-electron chi connectivity index (χ4n) is 1.72. The maximum Gasteiger partial charge on any atom is 0.459 e. The Bertz CT molecular complexity index is 436. The lowest BCUT2D eigenvalue weighted by Crippen LogP contribution is -2.57. The van der Waals surface area contributed by atoms with Crippen molar-refractivity contribution in [1.82, 2.24) is 0 Å². The summed E-state index contributed by atoms with van der Waals surface area (Å²) >= 11 is 0. The van der Waals surface area contributed by atoms with Gasteiger partial charge in [-0.2, -0.15) is 30.7 Å². The van der Waals surface area contributed by atoms with Crippen molar-refractivity contribution in [2.75, 3.05) is 0 Å². The second kappa shape index (κ2) is 8.52. The highest BCUT2D eigenvalue weighted by Gasteiger charge is 2.75. The van der Waals surface area contributed by atoms with Crippen LogP contribution < -0.4 is 0 Å². The lowest BCUT2D eigenvalue weighted by atomic mass is 9.98. The van der Waals surface area contributed by atoms with Gasteiger partial charge in [0, 0.05) is 0 Å². The Labute approximate surface area is 130 Å². The van der Waals surface area contributed by atoms with E-state index in [2.05, 4.69) is 6.58 Å². The minimum Gasteiger partial charge on any atom is -0.387 e. The van der Waals surface area contributed by atoms with Gasteiger partial charge in [0.25, 0.3) is 0 Å². The zero-order valence-electron chi connectivity index (χ0n) is 12.5. The topological polar surface area (TPSA) is 20.2 Å². The summed E-state index contributed by atoms with van der Waals surface area (Å²) in [5, 5.41) is 9.06. The highest BCUT2D eigenvalue weighted by Crippen LogP contribution is 2.48. The van der Waals surface area contributed by atoms with Crippen LogP contribution in [-0.4, -0.2) is 29.2 Å². The Balaban J connectivity index is 4.60. The Morgan fingerprint density at radius 2 is 1.65 bits per heavy atom. The fourth-order valence-corrected chi connectivity index (χ4v) is 1.72. The van der Waals surface area contributed by atoms with E-state index >= 15 is 0 Å². The average molecular weight is 348 g/mol. The van der Waals surface area contributed by atoms with Crippen molar-refractivity contribution in [2.45, 2.75) is 56.7 Å². The highest BCUT2D eigenvalue weighted by molar-refractivity contribution is 5.21. The molecule has 0 aliphatic carbocycles. The molecular weight excluding hydrogens is 329 g/mol. The first kappa shape index (κ1) is 21.7. The summed E-state index contributed by atoms with van der Waals surface area (Å²) in [6.45, 7) is 5.30.